The number of aryl methyl sites for hydroxylation is 2. The number of nitrogens with zero attached hydrogens (tertiary/aromatic N) is 2. The second-order valence-corrected chi connectivity index (χ2v) is 7.36. The van der Waals surface area contributed by atoms with Gasteiger partial charge >= 0.3 is 0 Å². The molecule has 0 saturated heterocycles. The summed E-state index contributed by atoms with van der Waals surface area (Å²) in [6.45, 7) is 3.57. The highest BCUT2D eigenvalue weighted by atomic mass is 16.5. The van der Waals surface area contributed by atoms with Gasteiger partial charge in [-0.3, -0.25) is 9.59 Å². The number of rotatable bonds is 10. The van der Waals surface area contributed by atoms with Crippen LogP contribution in [-0.4, -0.2) is 37.5 Å². The van der Waals surface area contributed by atoms with Gasteiger partial charge in [0.1, 0.15) is 11.5 Å². The van der Waals surface area contributed by atoms with E-state index in [0.29, 0.717) is 11.5 Å². The third kappa shape index (κ3) is 7.90. The first-order chi connectivity index (χ1) is 16.5. The molecule has 3 rings (SSSR count). The summed E-state index contributed by atoms with van der Waals surface area (Å²) in [4.78, 5) is 23.8. The average Bonchev–Trinajstić information content (AvgIpc) is 2.84. The molecule has 0 spiro atoms. The molecule has 3 aromatic rings. The van der Waals surface area contributed by atoms with E-state index in [1.165, 1.54) is 12.4 Å². The van der Waals surface area contributed by atoms with E-state index in [9.17, 15) is 9.59 Å². The molecule has 8 heteroatoms. The van der Waals surface area contributed by atoms with Gasteiger partial charge in [-0.1, -0.05) is 60.7 Å². The maximum atomic E-state index is 11.9. The summed E-state index contributed by atoms with van der Waals surface area (Å²) in [7, 11) is 0. The lowest BCUT2D eigenvalue weighted by Crippen LogP contribution is -2.24. The van der Waals surface area contributed by atoms with E-state index in [0.717, 1.165) is 22.3 Å². The van der Waals surface area contributed by atoms with E-state index < -0.39 is 0 Å². The fourth-order valence-electron chi connectivity index (χ4n) is 2.81. The van der Waals surface area contributed by atoms with Gasteiger partial charge in [-0.05, 0) is 48.2 Å². The van der Waals surface area contributed by atoms with Crippen LogP contribution in [0.4, 0.5) is 0 Å². The summed E-state index contributed by atoms with van der Waals surface area (Å²) in [5.41, 5.74) is 8.34. The van der Waals surface area contributed by atoms with Crippen molar-refractivity contribution in [3.05, 3.63) is 95.1 Å². The quantitative estimate of drug-likeness (QED) is 0.359. The number of para-hydroxylation sites is 2. The predicted molar refractivity (Wildman–Crippen MR) is 131 cm³/mol. The van der Waals surface area contributed by atoms with Crippen LogP contribution >= 0.6 is 0 Å². The van der Waals surface area contributed by atoms with E-state index in [4.69, 9.17) is 9.47 Å². The second kappa shape index (κ2) is 12.5. The van der Waals surface area contributed by atoms with Crippen LogP contribution in [0.1, 0.15) is 22.3 Å². The van der Waals surface area contributed by atoms with Crippen LogP contribution in [0.15, 0.2) is 83.0 Å². The summed E-state index contributed by atoms with van der Waals surface area (Å²) in [6, 6.07) is 22.2. The molecule has 0 saturated carbocycles. The molecule has 0 fully saturated rings. The van der Waals surface area contributed by atoms with Crippen molar-refractivity contribution in [1.29, 1.82) is 0 Å². The Morgan fingerprint density at radius 1 is 0.676 bits per heavy atom. The lowest BCUT2D eigenvalue weighted by molar-refractivity contribution is -0.123. The number of carbonyl (C=O) groups excluding carboxylic acids is 2. The zero-order valence-electron chi connectivity index (χ0n) is 19.0. The minimum absolute atomic E-state index is 0.126. The Kier molecular flexibility index (Phi) is 8.92. The van der Waals surface area contributed by atoms with Crippen LogP contribution < -0.4 is 20.3 Å². The molecule has 174 valence electrons. The number of carbonyl (C=O) groups is 2. The minimum atomic E-state index is -0.356. The number of nitrogens with one attached hydrogen (secondary N) is 2. The van der Waals surface area contributed by atoms with Crippen molar-refractivity contribution in [3.8, 4) is 11.5 Å². The highest BCUT2D eigenvalue weighted by Gasteiger charge is 2.04. The maximum absolute atomic E-state index is 11.9. The number of ether oxygens (including phenoxy) is 2. The van der Waals surface area contributed by atoms with Gasteiger partial charge in [0.15, 0.2) is 13.2 Å². The summed E-state index contributed by atoms with van der Waals surface area (Å²) in [6.07, 6.45) is 3.05. The van der Waals surface area contributed by atoms with Crippen molar-refractivity contribution >= 4 is 24.2 Å². The highest BCUT2D eigenvalue weighted by molar-refractivity contribution is 5.86. The first-order valence-electron chi connectivity index (χ1n) is 10.6. The van der Waals surface area contributed by atoms with Crippen molar-refractivity contribution < 1.29 is 19.1 Å². The van der Waals surface area contributed by atoms with Crippen molar-refractivity contribution in [2.75, 3.05) is 13.2 Å². The summed E-state index contributed by atoms with van der Waals surface area (Å²) in [5, 5.41) is 7.87. The van der Waals surface area contributed by atoms with Gasteiger partial charge in [0, 0.05) is 0 Å². The van der Waals surface area contributed by atoms with Gasteiger partial charge in [-0.25, -0.2) is 10.9 Å². The van der Waals surface area contributed by atoms with E-state index in [2.05, 4.69) is 21.1 Å². The third-order valence-electron chi connectivity index (χ3n) is 4.65. The first kappa shape index (κ1) is 24.2. The lowest BCUT2D eigenvalue weighted by atomic mass is 10.2. The first-order valence-corrected chi connectivity index (χ1v) is 10.6. The van der Waals surface area contributed by atoms with Gasteiger partial charge in [-0.15, -0.1) is 0 Å². The number of benzene rings is 3. The van der Waals surface area contributed by atoms with E-state index in [1.807, 2.05) is 86.6 Å². The Labute approximate surface area is 198 Å². The van der Waals surface area contributed by atoms with Crippen LogP contribution in [0.25, 0.3) is 0 Å². The van der Waals surface area contributed by atoms with Gasteiger partial charge in [-0.2, -0.15) is 10.2 Å². The molecule has 0 aliphatic heterocycles. The summed E-state index contributed by atoms with van der Waals surface area (Å²) < 4.78 is 11.0. The smallest absolute Gasteiger partial charge is 0.277 e. The predicted octanol–water partition coefficient (Wildman–Crippen LogP) is 3.36. The molecule has 2 amide bonds. The lowest BCUT2D eigenvalue weighted by Gasteiger charge is -2.07. The fraction of sp³-hybridized carbons (Fsp3) is 0.154. The Morgan fingerprint density at radius 2 is 1.06 bits per heavy atom. The molecule has 34 heavy (non-hydrogen) atoms. The van der Waals surface area contributed by atoms with E-state index in [1.54, 1.807) is 0 Å². The molecular formula is C26H26N4O4. The highest BCUT2D eigenvalue weighted by Crippen LogP contribution is 2.16. The fourth-order valence-corrected chi connectivity index (χ4v) is 2.81. The second-order valence-electron chi connectivity index (χ2n) is 7.36. The van der Waals surface area contributed by atoms with Crippen molar-refractivity contribution in [1.82, 2.24) is 10.9 Å². The summed E-state index contributed by atoms with van der Waals surface area (Å²) in [5.74, 6) is 0.610. The number of amides is 2. The topological polar surface area (TPSA) is 101 Å². The molecular weight excluding hydrogens is 432 g/mol. The van der Waals surface area contributed by atoms with Gasteiger partial charge < -0.3 is 9.47 Å². The summed E-state index contributed by atoms with van der Waals surface area (Å²) >= 11 is 0. The number of hydrogen-bond donors (Lipinski definition) is 2. The SMILES string of the molecule is Cc1ccccc1OCC(=O)N/N=C/c1ccc(/C=N/NC(=O)COc2ccccc2C)cc1. The van der Waals surface area contributed by atoms with Crippen LogP contribution in [0.2, 0.25) is 0 Å². The molecule has 0 radical (unpaired) electrons. The average molecular weight is 459 g/mol. The molecule has 0 aliphatic rings. The van der Waals surface area contributed by atoms with E-state index >= 15 is 0 Å². The minimum Gasteiger partial charge on any atom is -0.483 e. The molecule has 8 nitrogen and oxygen atoms in total. The molecule has 0 atom stereocenters. The molecule has 3 aromatic carbocycles. The van der Waals surface area contributed by atoms with Crippen LogP contribution in [0.5, 0.6) is 11.5 Å². The largest absolute Gasteiger partial charge is 0.483 e. The normalized spacial score (nSPS) is 10.9. The zero-order valence-corrected chi connectivity index (χ0v) is 19.0. The van der Waals surface area contributed by atoms with E-state index in [-0.39, 0.29) is 25.0 Å². The van der Waals surface area contributed by atoms with Crippen LogP contribution in [0.3, 0.4) is 0 Å². The Hall–Kier alpha value is -4.46. The van der Waals surface area contributed by atoms with Crippen molar-refractivity contribution in [3.63, 3.8) is 0 Å². The van der Waals surface area contributed by atoms with Crippen LogP contribution in [0, 0.1) is 13.8 Å². The molecule has 0 aliphatic carbocycles. The number of hydrogen-bond acceptors (Lipinski definition) is 6. The standard InChI is InChI=1S/C26H26N4O4/c1-19-7-3-5-9-23(19)33-17-25(31)29-27-15-21-11-13-22(14-12-21)16-28-30-26(32)18-34-24-10-6-4-8-20(24)2/h3-16H,17-18H2,1-2H3,(H,29,31)(H,30,32)/b27-15+,28-16+. The Bertz CT molecular complexity index is 1080. The molecule has 2 N–H and O–H groups in total. The van der Waals surface area contributed by atoms with Gasteiger partial charge in [0.05, 0.1) is 12.4 Å². The zero-order chi connectivity index (χ0) is 24.2. The Morgan fingerprint density at radius 3 is 1.44 bits per heavy atom. The van der Waals surface area contributed by atoms with Crippen LogP contribution in [-0.2, 0) is 9.59 Å². The molecule has 0 aromatic heterocycles. The van der Waals surface area contributed by atoms with Crippen molar-refractivity contribution in [2.24, 2.45) is 10.2 Å². The van der Waals surface area contributed by atoms with Gasteiger partial charge in [0.2, 0.25) is 0 Å². The number of hydrazone groups is 2. The van der Waals surface area contributed by atoms with Gasteiger partial charge in [0.25, 0.3) is 11.8 Å². The van der Waals surface area contributed by atoms with Crippen molar-refractivity contribution in [2.45, 2.75) is 13.8 Å². The molecule has 0 unspecified atom stereocenters. The maximum Gasteiger partial charge on any atom is 0.277 e. The molecule has 0 bridgehead atoms. The monoisotopic (exact) mass is 458 g/mol. The molecule has 0 heterocycles. The third-order valence-corrected chi connectivity index (χ3v) is 4.65. The Balaban J connectivity index is 1.38.